The van der Waals surface area contributed by atoms with Crippen LogP contribution in [0.1, 0.15) is 45.1 Å². The summed E-state index contributed by atoms with van der Waals surface area (Å²) in [5.41, 5.74) is 0.999. The summed E-state index contributed by atoms with van der Waals surface area (Å²) < 4.78 is 26.8. The lowest BCUT2D eigenvalue weighted by Crippen LogP contribution is -2.44. The third-order valence-corrected chi connectivity index (χ3v) is 7.71. The topological polar surface area (TPSA) is 77.0 Å². The Kier molecular flexibility index (Phi) is 10.3. The van der Waals surface area contributed by atoms with E-state index in [1.165, 1.54) is 19.4 Å². The van der Waals surface area contributed by atoms with E-state index in [0.717, 1.165) is 44.0 Å². The van der Waals surface area contributed by atoms with Crippen LogP contribution in [0.5, 0.6) is 0 Å². The van der Waals surface area contributed by atoms with E-state index < -0.39 is 10.0 Å². The summed E-state index contributed by atoms with van der Waals surface area (Å²) in [7, 11) is -3.35. The highest BCUT2D eigenvalue weighted by atomic mass is 127. The van der Waals surface area contributed by atoms with Crippen molar-refractivity contribution >= 4 is 40.0 Å². The molecule has 3 rings (SSSR count). The van der Waals surface area contributed by atoms with Crippen LogP contribution < -0.4 is 10.6 Å². The number of hydrogen-bond donors (Lipinski definition) is 2. The van der Waals surface area contributed by atoms with Gasteiger partial charge < -0.3 is 10.6 Å². The lowest BCUT2D eigenvalue weighted by atomic mass is 10.2. The van der Waals surface area contributed by atoms with Crippen LogP contribution in [-0.4, -0.2) is 68.9 Å². The van der Waals surface area contributed by atoms with E-state index in [9.17, 15) is 8.42 Å². The van der Waals surface area contributed by atoms with Crippen molar-refractivity contribution in [1.82, 2.24) is 19.8 Å². The van der Waals surface area contributed by atoms with Crippen LogP contribution in [0, 0.1) is 0 Å². The molecule has 2 aliphatic heterocycles. The summed E-state index contributed by atoms with van der Waals surface area (Å²) in [6, 6.07) is 7.71. The molecule has 0 aliphatic carbocycles. The minimum absolute atomic E-state index is 0. The molecule has 2 fully saturated rings. The maximum absolute atomic E-state index is 12.6. The van der Waals surface area contributed by atoms with Gasteiger partial charge in [0.15, 0.2) is 5.96 Å². The summed E-state index contributed by atoms with van der Waals surface area (Å²) in [4.78, 5) is 7.56. The van der Waals surface area contributed by atoms with Crippen molar-refractivity contribution in [2.75, 3.05) is 39.3 Å². The number of rotatable bonds is 8. The van der Waals surface area contributed by atoms with Gasteiger partial charge >= 0.3 is 0 Å². The van der Waals surface area contributed by atoms with E-state index in [-0.39, 0.29) is 24.0 Å². The van der Waals surface area contributed by atoms with Crippen molar-refractivity contribution in [3.63, 3.8) is 0 Å². The highest BCUT2D eigenvalue weighted by molar-refractivity contribution is 14.0. The van der Waals surface area contributed by atoms with Crippen LogP contribution in [0.3, 0.4) is 0 Å². The Morgan fingerprint density at radius 2 is 1.77 bits per heavy atom. The molecule has 1 atom stereocenters. The second-order valence-electron chi connectivity index (χ2n) is 7.76. The number of halogens is 1. The molecule has 1 unspecified atom stereocenters. The lowest BCUT2D eigenvalue weighted by molar-refractivity contribution is 0.267. The molecule has 0 amide bonds. The maximum atomic E-state index is 12.6. The first-order chi connectivity index (χ1) is 14.0. The van der Waals surface area contributed by atoms with Gasteiger partial charge in [0.1, 0.15) is 0 Å². The first kappa shape index (κ1) is 25.4. The zero-order valence-electron chi connectivity index (χ0n) is 18.1. The Labute approximate surface area is 198 Å². The Morgan fingerprint density at radius 3 is 2.40 bits per heavy atom. The molecule has 2 N–H and O–H groups in total. The summed E-state index contributed by atoms with van der Waals surface area (Å²) >= 11 is 0. The molecular formula is C21H36IN5O2S. The van der Waals surface area contributed by atoms with Gasteiger partial charge in [0.05, 0.1) is 11.4 Å². The van der Waals surface area contributed by atoms with Crippen LogP contribution in [0.15, 0.2) is 34.2 Å². The van der Waals surface area contributed by atoms with Gasteiger partial charge in [-0.2, -0.15) is 4.31 Å². The van der Waals surface area contributed by atoms with Crippen molar-refractivity contribution in [2.24, 2.45) is 4.99 Å². The van der Waals surface area contributed by atoms with Gasteiger partial charge in [-0.25, -0.2) is 13.4 Å². The molecule has 9 heteroatoms. The zero-order chi connectivity index (χ0) is 20.7. The lowest BCUT2D eigenvalue weighted by Gasteiger charge is -2.24. The average molecular weight is 550 g/mol. The number of hydrogen-bond acceptors (Lipinski definition) is 4. The van der Waals surface area contributed by atoms with Crippen molar-refractivity contribution in [1.29, 1.82) is 0 Å². The first-order valence-electron chi connectivity index (χ1n) is 10.9. The van der Waals surface area contributed by atoms with Crippen LogP contribution in [-0.2, 0) is 16.6 Å². The fourth-order valence-corrected chi connectivity index (χ4v) is 5.63. The molecule has 0 aromatic heterocycles. The van der Waals surface area contributed by atoms with Crippen molar-refractivity contribution in [3.8, 4) is 0 Å². The van der Waals surface area contributed by atoms with E-state index in [2.05, 4.69) is 34.4 Å². The normalized spacial score (nSPS) is 20.9. The highest BCUT2D eigenvalue weighted by Gasteiger charge is 2.27. The Balaban J connectivity index is 0.00000320. The molecule has 2 saturated heterocycles. The Bertz CT molecular complexity index is 779. The quantitative estimate of drug-likeness (QED) is 0.296. The molecule has 2 aliphatic rings. The van der Waals surface area contributed by atoms with E-state index in [0.29, 0.717) is 30.6 Å². The standard InChI is InChI=1S/C21H35N5O2S.HI/c1-3-22-21(24-17-19-8-7-13-25(19)4-2)23-16-18-9-11-20(12-10-18)29(27,28)26-14-5-6-15-26;/h9-12,19H,3-8,13-17H2,1-2H3,(H2,22,23,24);1H. The fourth-order valence-electron chi connectivity index (χ4n) is 4.11. The summed E-state index contributed by atoms with van der Waals surface area (Å²) in [6.07, 6.45) is 4.39. The van der Waals surface area contributed by atoms with E-state index in [4.69, 9.17) is 0 Å². The Morgan fingerprint density at radius 1 is 1.07 bits per heavy atom. The molecule has 30 heavy (non-hydrogen) atoms. The van der Waals surface area contributed by atoms with Gasteiger partial charge in [-0.15, -0.1) is 24.0 Å². The van der Waals surface area contributed by atoms with Crippen molar-refractivity contribution in [3.05, 3.63) is 29.8 Å². The number of aliphatic imine (C=N–C) groups is 1. The van der Waals surface area contributed by atoms with Gasteiger partial charge in [-0.3, -0.25) is 4.90 Å². The van der Waals surface area contributed by atoms with Crippen LogP contribution in [0.25, 0.3) is 0 Å². The number of guanidine groups is 1. The fraction of sp³-hybridized carbons (Fsp3) is 0.667. The predicted octanol–water partition coefficient (Wildman–Crippen LogP) is 2.63. The monoisotopic (exact) mass is 549 g/mol. The van der Waals surface area contributed by atoms with Gasteiger partial charge in [-0.05, 0) is 63.4 Å². The van der Waals surface area contributed by atoms with E-state index >= 15 is 0 Å². The summed E-state index contributed by atoms with van der Waals surface area (Å²) in [5.74, 6) is 0.809. The highest BCUT2D eigenvalue weighted by Crippen LogP contribution is 2.21. The first-order valence-corrected chi connectivity index (χ1v) is 12.3. The molecule has 7 nitrogen and oxygen atoms in total. The van der Waals surface area contributed by atoms with Gasteiger partial charge in [0.2, 0.25) is 10.0 Å². The second kappa shape index (κ2) is 12.2. The number of nitrogens with one attached hydrogen (secondary N) is 2. The Hall–Kier alpha value is -0.910. The van der Waals surface area contributed by atoms with Gasteiger partial charge in [0, 0.05) is 32.2 Å². The number of likely N-dealkylation sites (tertiary alicyclic amines) is 1. The minimum Gasteiger partial charge on any atom is -0.357 e. The minimum atomic E-state index is -3.35. The summed E-state index contributed by atoms with van der Waals surface area (Å²) in [6.45, 7) is 10.0. The van der Waals surface area contributed by atoms with E-state index in [1.807, 2.05) is 12.1 Å². The van der Waals surface area contributed by atoms with Crippen LogP contribution >= 0.6 is 24.0 Å². The zero-order valence-corrected chi connectivity index (χ0v) is 21.3. The largest absolute Gasteiger partial charge is 0.357 e. The number of sulfonamides is 1. The third-order valence-electron chi connectivity index (χ3n) is 5.80. The molecule has 0 spiro atoms. The number of nitrogens with zero attached hydrogens (tertiary/aromatic N) is 3. The van der Waals surface area contributed by atoms with Crippen molar-refractivity contribution < 1.29 is 8.42 Å². The van der Waals surface area contributed by atoms with Crippen molar-refractivity contribution in [2.45, 2.75) is 57.0 Å². The van der Waals surface area contributed by atoms with Gasteiger partial charge in [0.25, 0.3) is 0 Å². The molecule has 1 aromatic carbocycles. The number of likely N-dealkylation sites (N-methyl/N-ethyl adjacent to an activating group) is 1. The molecule has 2 heterocycles. The predicted molar refractivity (Wildman–Crippen MR) is 133 cm³/mol. The molecule has 1 aromatic rings. The molecular weight excluding hydrogens is 513 g/mol. The molecule has 0 radical (unpaired) electrons. The molecule has 0 saturated carbocycles. The van der Waals surface area contributed by atoms with Crippen LogP contribution in [0.4, 0.5) is 0 Å². The second-order valence-corrected chi connectivity index (χ2v) is 9.69. The summed E-state index contributed by atoms with van der Waals surface area (Å²) in [5, 5.41) is 6.76. The van der Waals surface area contributed by atoms with Crippen LogP contribution in [0.2, 0.25) is 0 Å². The maximum Gasteiger partial charge on any atom is 0.243 e. The number of benzene rings is 1. The molecule has 0 bridgehead atoms. The van der Waals surface area contributed by atoms with E-state index in [1.54, 1.807) is 16.4 Å². The molecule has 170 valence electrons. The van der Waals surface area contributed by atoms with Gasteiger partial charge in [-0.1, -0.05) is 19.1 Å². The smallest absolute Gasteiger partial charge is 0.243 e. The SMILES string of the molecule is CCNC(=NCc1ccc(S(=O)(=O)N2CCCC2)cc1)NCC1CCCN1CC.I. The average Bonchev–Trinajstić information content (AvgIpc) is 3.42. The third kappa shape index (κ3) is 6.54.